The number of carbonyl (C=O) groups excluding carboxylic acids is 1. The number of para-hydroxylation sites is 2. The van der Waals surface area contributed by atoms with Gasteiger partial charge in [-0.2, -0.15) is 0 Å². The van der Waals surface area contributed by atoms with Crippen LogP contribution in [-0.2, 0) is 6.54 Å². The van der Waals surface area contributed by atoms with Crippen LogP contribution in [0.4, 0.5) is 5.95 Å². The molecule has 1 fully saturated rings. The zero-order valence-electron chi connectivity index (χ0n) is 25.1. The number of aryl methyl sites for hydroxylation is 1. The number of benzene rings is 3. The Bertz CT molecular complexity index is 1440. The lowest BCUT2D eigenvalue weighted by Crippen LogP contribution is -2.35. The number of hydrogen-bond acceptors (Lipinski definition) is 4. The Hall–Kier alpha value is -3.35. The third-order valence-electron chi connectivity index (χ3n) is 8.47. The van der Waals surface area contributed by atoms with Gasteiger partial charge in [-0.1, -0.05) is 73.8 Å². The van der Waals surface area contributed by atoms with Crippen molar-refractivity contribution in [2.24, 2.45) is 0 Å². The lowest BCUT2D eigenvalue weighted by molar-refractivity contribution is 0.0783. The van der Waals surface area contributed by atoms with Crippen molar-refractivity contribution in [1.82, 2.24) is 19.4 Å². The quantitative estimate of drug-likeness (QED) is 0.163. The van der Waals surface area contributed by atoms with Gasteiger partial charge in [0, 0.05) is 56.3 Å². The summed E-state index contributed by atoms with van der Waals surface area (Å²) in [5.41, 5.74) is 4.23. The van der Waals surface area contributed by atoms with Gasteiger partial charge < -0.3 is 19.3 Å². The van der Waals surface area contributed by atoms with E-state index >= 15 is 0 Å². The molecule has 5 rings (SSSR count). The molecule has 7 heteroatoms. The van der Waals surface area contributed by atoms with Gasteiger partial charge in [0.25, 0.3) is 5.91 Å². The van der Waals surface area contributed by atoms with Crippen molar-refractivity contribution in [3.63, 3.8) is 0 Å². The third kappa shape index (κ3) is 7.53. The molecule has 2 heterocycles. The predicted octanol–water partition coefficient (Wildman–Crippen LogP) is 7.34. The van der Waals surface area contributed by atoms with Crippen LogP contribution in [0.5, 0.6) is 0 Å². The van der Waals surface area contributed by atoms with E-state index in [1.165, 1.54) is 30.3 Å². The fourth-order valence-electron chi connectivity index (χ4n) is 6.12. The van der Waals surface area contributed by atoms with E-state index in [1.54, 1.807) is 0 Å². The van der Waals surface area contributed by atoms with Gasteiger partial charge in [0.15, 0.2) is 0 Å². The topological polar surface area (TPSA) is 44.6 Å². The van der Waals surface area contributed by atoms with Crippen molar-refractivity contribution >= 4 is 34.5 Å². The summed E-state index contributed by atoms with van der Waals surface area (Å²) >= 11 is 6.41. The minimum Gasteiger partial charge on any atom is -0.341 e. The molecule has 6 nitrogen and oxygen atoms in total. The Kier molecular flexibility index (Phi) is 10.5. The molecule has 0 radical (unpaired) electrons. The van der Waals surface area contributed by atoms with Crippen LogP contribution in [-0.4, -0.2) is 71.6 Å². The second-order valence-electron chi connectivity index (χ2n) is 11.5. The first-order valence-electron chi connectivity index (χ1n) is 15.5. The molecule has 4 aromatic rings. The highest BCUT2D eigenvalue weighted by Crippen LogP contribution is 2.27. The minimum atomic E-state index is 0.0508. The van der Waals surface area contributed by atoms with Crippen LogP contribution >= 0.6 is 11.6 Å². The van der Waals surface area contributed by atoms with Crippen LogP contribution in [0, 0.1) is 0 Å². The van der Waals surface area contributed by atoms with Crippen LogP contribution in [0.1, 0.15) is 60.9 Å². The molecular formula is C35H44ClN5O. The normalized spacial score (nSPS) is 15.1. The van der Waals surface area contributed by atoms with Gasteiger partial charge in [-0.3, -0.25) is 4.79 Å². The Morgan fingerprint density at radius 2 is 1.74 bits per heavy atom. The highest BCUT2D eigenvalue weighted by atomic mass is 35.5. The average Bonchev–Trinajstić information content (AvgIpc) is 3.21. The fourth-order valence-corrected chi connectivity index (χ4v) is 6.31. The van der Waals surface area contributed by atoms with Crippen molar-refractivity contribution in [3.8, 4) is 0 Å². The van der Waals surface area contributed by atoms with Crippen LogP contribution < -0.4 is 4.90 Å². The van der Waals surface area contributed by atoms with E-state index < -0.39 is 0 Å². The van der Waals surface area contributed by atoms with Crippen molar-refractivity contribution in [2.75, 3.05) is 51.2 Å². The Labute approximate surface area is 255 Å². The molecular weight excluding hydrogens is 542 g/mol. The van der Waals surface area contributed by atoms with Gasteiger partial charge in [0.2, 0.25) is 5.95 Å². The van der Waals surface area contributed by atoms with Gasteiger partial charge in [0.1, 0.15) is 0 Å². The van der Waals surface area contributed by atoms with Crippen molar-refractivity contribution < 1.29 is 4.79 Å². The maximum atomic E-state index is 13.2. The summed E-state index contributed by atoms with van der Waals surface area (Å²) in [5, 5.41) is 0.738. The summed E-state index contributed by atoms with van der Waals surface area (Å²) in [5.74, 6) is 1.37. The largest absolute Gasteiger partial charge is 0.341 e. The summed E-state index contributed by atoms with van der Waals surface area (Å²) in [4.78, 5) is 25.2. The number of likely N-dealkylation sites (N-methyl/N-ethyl adjacent to an activating group) is 1. The average molecular weight is 586 g/mol. The monoisotopic (exact) mass is 585 g/mol. The molecule has 0 saturated carbocycles. The molecule has 1 amide bonds. The second kappa shape index (κ2) is 14.7. The zero-order chi connectivity index (χ0) is 29.3. The number of unbranched alkanes of at least 4 members (excludes halogenated alkanes) is 2. The standard InChI is InChI=1S/C35H44ClN5O/c1-3-4-10-22-41-33-18-9-8-17-32(33)37-35(41)40-21-12-20-39(24-25-40)23-19-30(29-15-11-16-31(36)26-29)27-38(2)34(42)28-13-6-5-7-14-28/h5-9,11,13-18,26,30H,3-4,10,12,19-25,27H2,1-2H3. The molecule has 42 heavy (non-hydrogen) atoms. The van der Waals surface area contributed by atoms with E-state index in [1.807, 2.05) is 54.4 Å². The van der Waals surface area contributed by atoms with E-state index in [2.05, 4.69) is 57.7 Å². The number of fused-ring (bicyclic) bond motifs is 1. The first-order valence-corrected chi connectivity index (χ1v) is 15.9. The number of hydrogen-bond donors (Lipinski definition) is 0. The molecule has 1 atom stereocenters. The molecule has 0 aliphatic carbocycles. The van der Waals surface area contributed by atoms with Crippen molar-refractivity contribution in [1.29, 1.82) is 0 Å². The van der Waals surface area contributed by atoms with Gasteiger partial charge >= 0.3 is 0 Å². The molecule has 1 aliphatic heterocycles. The summed E-state index contributed by atoms with van der Waals surface area (Å²) in [6.07, 6.45) is 5.69. The van der Waals surface area contributed by atoms with Gasteiger partial charge in [-0.25, -0.2) is 4.98 Å². The predicted molar refractivity (Wildman–Crippen MR) is 175 cm³/mol. The molecule has 0 spiro atoms. The maximum absolute atomic E-state index is 13.2. The molecule has 3 aromatic carbocycles. The van der Waals surface area contributed by atoms with E-state index in [-0.39, 0.29) is 11.8 Å². The van der Waals surface area contributed by atoms with E-state index in [0.29, 0.717) is 6.54 Å². The minimum absolute atomic E-state index is 0.0508. The number of rotatable bonds is 12. The third-order valence-corrected chi connectivity index (χ3v) is 8.70. The molecule has 1 aliphatic rings. The maximum Gasteiger partial charge on any atom is 0.253 e. The molecule has 0 bridgehead atoms. The molecule has 1 aromatic heterocycles. The van der Waals surface area contributed by atoms with E-state index in [0.717, 1.165) is 74.2 Å². The molecule has 222 valence electrons. The first kappa shape index (κ1) is 30.1. The summed E-state index contributed by atoms with van der Waals surface area (Å²) in [6.45, 7) is 8.94. The molecule has 1 unspecified atom stereocenters. The van der Waals surface area contributed by atoms with Gasteiger partial charge in [0.05, 0.1) is 11.0 Å². The Balaban J connectivity index is 1.25. The summed E-state index contributed by atoms with van der Waals surface area (Å²) in [6, 6.07) is 26.2. The van der Waals surface area contributed by atoms with Crippen LogP contribution in [0.3, 0.4) is 0 Å². The van der Waals surface area contributed by atoms with Crippen LogP contribution in [0.15, 0.2) is 78.9 Å². The number of imidazole rings is 1. The van der Waals surface area contributed by atoms with Gasteiger partial charge in [-0.15, -0.1) is 0 Å². The van der Waals surface area contributed by atoms with Crippen molar-refractivity contribution in [3.05, 3.63) is 95.0 Å². The number of anilines is 1. The smallest absolute Gasteiger partial charge is 0.253 e. The second-order valence-corrected chi connectivity index (χ2v) is 12.0. The van der Waals surface area contributed by atoms with E-state index in [9.17, 15) is 4.79 Å². The Morgan fingerprint density at radius 3 is 2.55 bits per heavy atom. The van der Waals surface area contributed by atoms with Gasteiger partial charge in [-0.05, 0) is 74.3 Å². The molecule has 0 N–H and O–H groups in total. The highest BCUT2D eigenvalue weighted by molar-refractivity contribution is 6.30. The number of halogens is 1. The number of aromatic nitrogens is 2. The lowest BCUT2D eigenvalue weighted by Gasteiger charge is -2.28. The number of nitrogens with zero attached hydrogens (tertiary/aromatic N) is 5. The number of amides is 1. The highest BCUT2D eigenvalue weighted by Gasteiger charge is 2.23. The summed E-state index contributed by atoms with van der Waals surface area (Å²) in [7, 11) is 1.91. The van der Waals surface area contributed by atoms with E-state index in [4.69, 9.17) is 16.6 Å². The first-order chi connectivity index (χ1) is 20.5. The van der Waals surface area contributed by atoms with Crippen LogP contribution in [0.25, 0.3) is 11.0 Å². The lowest BCUT2D eigenvalue weighted by atomic mass is 9.94. The zero-order valence-corrected chi connectivity index (χ0v) is 25.8. The summed E-state index contributed by atoms with van der Waals surface area (Å²) < 4.78 is 2.44. The fraction of sp³-hybridized carbons (Fsp3) is 0.429. The Morgan fingerprint density at radius 1 is 0.929 bits per heavy atom. The van der Waals surface area contributed by atoms with Crippen molar-refractivity contribution in [2.45, 2.75) is 51.5 Å². The van der Waals surface area contributed by atoms with Crippen LogP contribution in [0.2, 0.25) is 5.02 Å². The SMILES string of the molecule is CCCCCn1c(N2CCCN(CCC(CN(C)C(=O)c3ccccc3)c3cccc(Cl)c3)CC2)nc2ccccc21. The molecule has 1 saturated heterocycles. The number of carbonyl (C=O) groups is 1.